The Labute approximate surface area is 99.2 Å². The molecular weight excluding hydrogens is 254 g/mol. The van der Waals surface area contributed by atoms with Gasteiger partial charge in [0, 0.05) is 21.3 Å². The predicted octanol–water partition coefficient (Wildman–Crippen LogP) is 3.86. The molecule has 3 heteroatoms. The van der Waals surface area contributed by atoms with Crippen LogP contribution in [-0.2, 0) is 0 Å². The van der Waals surface area contributed by atoms with Crippen molar-refractivity contribution in [3.63, 3.8) is 0 Å². The van der Waals surface area contributed by atoms with Gasteiger partial charge < -0.3 is 5.32 Å². The summed E-state index contributed by atoms with van der Waals surface area (Å²) in [6, 6.07) is 5.70. The molecule has 0 aliphatic carbocycles. The molecule has 0 saturated heterocycles. The van der Waals surface area contributed by atoms with Gasteiger partial charge >= 0.3 is 0 Å². The number of ketones is 1. The summed E-state index contributed by atoms with van der Waals surface area (Å²) in [6.45, 7) is 7.78. The minimum atomic E-state index is -0.0436. The van der Waals surface area contributed by atoms with Crippen molar-refractivity contribution in [1.29, 1.82) is 0 Å². The molecule has 1 rings (SSSR count). The zero-order chi connectivity index (χ0) is 11.6. The van der Waals surface area contributed by atoms with Crippen LogP contribution in [0.5, 0.6) is 0 Å². The molecule has 1 aromatic carbocycles. The number of rotatable bonds is 2. The van der Waals surface area contributed by atoms with Crippen LogP contribution in [-0.4, -0.2) is 11.3 Å². The zero-order valence-corrected chi connectivity index (χ0v) is 11.1. The lowest BCUT2D eigenvalue weighted by molar-refractivity contribution is 0.101. The Kier molecular flexibility index (Phi) is 3.55. The smallest absolute Gasteiger partial charge is 0.161 e. The average Bonchev–Trinajstić information content (AvgIpc) is 2.05. The molecule has 82 valence electrons. The van der Waals surface area contributed by atoms with E-state index in [1.165, 1.54) is 0 Å². The van der Waals surface area contributed by atoms with Gasteiger partial charge in [-0.3, -0.25) is 4.79 Å². The minimum absolute atomic E-state index is 0.0436. The molecule has 0 heterocycles. The lowest BCUT2D eigenvalue weighted by Crippen LogP contribution is -2.27. The largest absolute Gasteiger partial charge is 0.380 e. The number of nitrogens with one attached hydrogen (secondary N) is 1. The summed E-state index contributed by atoms with van der Waals surface area (Å²) in [5.74, 6) is 0.0723. The van der Waals surface area contributed by atoms with Crippen molar-refractivity contribution in [3.8, 4) is 0 Å². The fraction of sp³-hybridized carbons (Fsp3) is 0.417. The first-order chi connectivity index (χ1) is 6.79. The highest BCUT2D eigenvalue weighted by Crippen LogP contribution is 2.24. The van der Waals surface area contributed by atoms with Gasteiger partial charge in [-0.25, -0.2) is 0 Å². The highest BCUT2D eigenvalue weighted by molar-refractivity contribution is 9.10. The molecule has 0 unspecified atom stereocenters. The SMILES string of the molecule is CC(=O)c1cc(Br)ccc1NC(C)(C)C. The van der Waals surface area contributed by atoms with E-state index < -0.39 is 0 Å². The van der Waals surface area contributed by atoms with Crippen molar-refractivity contribution in [2.24, 2.45) is 0 Å². The lowest BCUT2D eigenvalue weighted by atomic mass is 10.0. The van der Waals surface area contributed by atoms with E-state index in [0.717, 1.165) is 15.7 Å². The summed E-state index contributed by atoms with van der Waals surface area (Å²) < 4.78 is 0.923. The molecule has 0 aromatic heterocycles. The third-order valence-corrected chi connectivity index (χ3v) is 2.36. The second kappa shape index (κ2) is 4.35. The Morgan fingerprint density at radius 1 is 1.33 bits per heavy atom. The second-order valence-electron chi connectivity index (χ2n) is 4.62. The first-order valence-corrected chi connectivity index (χ1v) is 5.67. The van der Waals surface area contributed by atoms with Gasteiger partial charge in [-0.05, 0) is 45.9 Å². The summed E-state index contributed by atoms with van der Waals surface area (Å²) in [5.41, 5.74) is 1.57. The van der Waals surface area contributed by atoms with Gasteiger partial charge in [-0.15, -0.1) is 0 Å². The molecule has 0 aliphatic heterocycles. The van der Waals surface area contributed by atoms with Crippen LogP contribution < -0.4 is 5.32 Å². The van der Waals surface area contributed by atoms with Crippen LogP contribution in [0.1, 0.15) is 38.1 Å². The summed E-state index contributed by atoms with van der Waals surface area (Å²) in [7, 11) is 0. The maximum absolute atomic E-state index is 11.4. The first kappa shape index (κ1) is 12.2. The van der Waals surface area contributed by atoms with Crippen LogP contribution in [0.2, 0.25) is 0 Å². The van der Waals surface area contributed by atoms with E-state index >= 15 is 0 Å². The number of carbonyl (C=O) groups excluding carboxylic acids is 1. The molecule has 0 fully saturated rings. The fourth-order valence-corrected chi connectivity index (χ4v) is 1.68. The maximum atomic E-state index is 11.4. The van der Waals surface area contributed by atoms with Crippen LogP contribution in [0, 0.1) is 0 Å². The fourth-order valence-electron chi connectivity index (χ4n) is 1.32. The molecule has 0 bridgehead atoms. The van der Waals surface area contributed by atoms with Crippen molar-refractivity contribution < 1.29 is 4.79 Å². The quantitative estimate of drug-likeness (QED) is 0.827. The van der Waals surface area contributed by atoms with Crippen molar-refractivity contribution in [2.45, 2.75) is 33.2 Å². The third kappa shape index (κ3) is 3.67. The number of anilines is 1. The zero-order valence-electron chi connectivity index (χ0n) is 9.52. The molecule has 0 atom stereocenters. The number of hydrogen-bond acceptors (Lipinski definition) is 2. The molecule has 0 amide bonds. The standard InChI is InChI=1S/C12H16BrNO/c1-8(15)10-7-9(13)5-6-11(10)14-12(2,3)4/h5-7,14H,1-4H3. The van der Waals surface area contributed by atoms with Crippen LogP contribution in [0.25, 0.3) is 0 Å². The van der Waals surface area contributed by atoms with E-state index in [9.17, 15) is 4.79 Å². The Morgan fingerprint density at radius 3 is 2.40 bits per heavy atom. The molecule has 0 radical (unpaired) electrons. The van der Waals surface area contributed by atoms with E-state index in [0.29, 0.717) is 0 Å². The third-order valence-electron chi connectivity index (χ3n) is 1.87. The summed E-state index contributed by atoms with van der Waals surface area (Å²) in [6.07, 6.45) is 0. The highest BCUT2D eigenvalue weighted by atomic mass is 79.9. The van der Waals surface area contributed by atoms with Crippen LogP contribution in [0.15, 0.2) is 22.7 Å². The van der Waals surface area contributed by atoms with Crippen LogP contribution in [0.4, 0.5) is 5.69 Å². The number of carbonyl (C=O) groups is 1. The molecule has 15 heavy (non-hydrogen) atoms. The maximum Gasteiger partial charge on any atom is 0.161 e. The van der Waals surface area contributed by atoms with Gasteiger partial charge in [-0.2, -0.15) is 0 Å². The molecule has 0 aliphatic rings. The minimum Gasteiger partial charge on any atom is -0.380 e. The van der Waals surface area contributed by atoms with E-state index in [1.54, 1.807) is 6.92 Å². The molecule has 2 nitrogen and oxygen atoms in total. The lowest BCUT2D eigenvalue weighted by Gasteiger charge is -2.23. The number of hydrogen-bond donors (Lipinski definition) is 1. The van der Waals surface area contributed by atoms with Crippen molar-refractivity contribution in [3.05, 3.63) is 28.2 Å². The second-order valence-corrected chi connectivity index (χ2v) is 5.54. The van der Waals surface area contributed by atoms with E-state index in [-0.39, 0.29) is 11.3 Å². The Hall–Kier alpha value is -0.830. The van der Waals surface area contributed by atoms with Gasteiger partial charge in [0.15, 0.2) is 5.78 Å². The molecule has 1 N–H and O–H groups in total. The van der Waals surface area contributed by atoms with Crippen LogP contribution >= 0.6 is 15.9 Å². The van der Waals surface area contributed by atoms with Gasteiger partial charge in [0.1, 0.15) is 0 Å². The van der Waals surface area contributed by atoms with Gasteiger partial charge in [-0.1, -0.05) is 15.9 Å². The van der Waals surface area contributed by atoms with Gasteiger partial charge in [0.25, 0.3) is 0 Å². The Morgan fingerprint density at radius 2 is 1.93 bits per heavy atom. The predicted molar refractivity (Wildman–Crippen MR) is 67.5 cm³/mol. The number of benzene rings is 1. The first-order valence-electron chi connectivity index (χ1n) is 4.88. The van der Waals surface area contributed by atoms with Gasteiger partial charge in [0.2, 0.25) is 0 Å². The number of halogens is 1. The van der Waals surface area contributed by atoms with Crippen molar-refractivity contribution in [2.75, 3.05) is 5.32 Å². The van der Waals surface area contributed by atoms with Gasteiger partial charge in [0.05, 0.1) is 0 Å². The summed E-state index contributed by atoms with van der Waals surface area (Å²) in [5, 5.41) is 3.32. The summed E-state index contributed by atoms with van der Waals surface area (Å²) >= 11 is 3.36. The molecular formula is C12H16BrNO. The van der Waals surface area contributed by atoms with E-state index in [1.807, 2.05) is 18.2 Å². The normalized spacial score (nSPS) is 11.3. The van der Waals surface area contributed by atoms with E-state index in [2.05, 4.69) is 42.0 Å². The number of Topliss-reactive ketones (excluding diaryl/α,β-unsaturated/α-hetero) is 1. The molecule has 0 saturated carbocycles. The Balaban J connectivity index is 3.12. The average molecular weight is 270 g/mol. The molecule has 0 spiro atoms. The van der Waals surface area contributed by atoms with Crippen molar-refractivity contribution >= 4 is 27.4 Å². The van der Waals surface area contributed by atoms with Crippen LogP contribution in [0.3, 0.4) is 0 Å². The monoisotopic (exact) mass is 269 g/mol. The Bertz CT molecular complexity index is 380. The highest BCUT2D eigenvalue weighted by Gasteiger charge is 2.14. The summed E-state index contributed by atoms with van der Waals surface area (Å²) in [4.78, 5) is 11.4. The van der Waals surface area contributed by atoms with Crippen molar-refractivity contribution in [1.82, 2.24) is 0 Å². The van der Waals surface area contributed by atoms with E-state index in [4.69, 9.17) is 0 Å². The topological polar surface area (TPSA) is 29.1 Å². The molecule has 1 aromatic rings.